The molecule has 0 saturated carbocycles. The molecule has 0 aliphatic rings. The second-order valence-electron chi connectivity index (χ2n) is 5.45. The van der Waals surface area contributed by atoms with Crippen LogP contribution in [0.3, 0.4) is 0 Å². The number of carbonyl (C=O) groups excluding carboxylic acids is 1. The van der Waals surface area contributed by atoms with Crippen LogP contribution < -0.4 is 5.56 Å². The van der Waals surface area contributed by atoms with E-state index in [1.165, 1.54) is 6.07 Å². The molecule has 5 nitrogen and oxygen atoms in total. The van der Waals surface area contributed by atoms with E-state index in [2.05, 4.69) is 9.97 Å². The predicted molar refractivity (Wildman–Crippen MR) is 89.4 cm³/mol. The molecule has 6 heteroatoms. The summed E-state index contributed by atoms with van der Waals surface area (Å²) in [5.74, 6) is -0.282. The molecule has 24 heavy (non-hydrogen) atoms. The second kappa shape index (κ2) is 6.70. The van der Waals surface area contributed by atoms with Gasteiger partial charge in [-0.05, 0) is 36.2 Å². The Balaban J connectivity index is 2.25. The summed E-state index contributed by atoms with van der Waals surface area (Å²) in [6.45, 7) is 2.44. The van der Waals surface area contributed by atoms with Gasteiger partial charge in [-0.15, -0.1) is 0 Å². The number of aryl methyl sites for hydroxylation is 1. The Bertz CT molecular complexity index is 943. The van der Waals surface area contributed by atoms with Gasteiger partial charge < -0.3 is 14.7 Å². The highest BCUT2D eigenvalue weighted by molar-refractivity contribution is 5.97. The number of fused-ring (bicyclic) bond motifs is 1. The van der Waals surface area contributed by atoms with Crippen molar-refractivity contribution in [3.05, 3.63) is 57.9 Å². The van der Waals surface area contributed by atoms with Gasteiger partial charge in [0, 0.05) is 40.3 Å². The Morgan fingerprint density at radius 3 is 2.88 bits per heavy atom. The summed E-state index contributed by atoms with van der Waals surface area (Å²) < 4.78 is 18.9. The lowest BCUT2D eigenvalue weighted by Crippen LogP contribution is -2.08. The lowest BCUT2D eigenvalue weighted by atomic mass is 10.00. The molecular formula is C18H17FN2O3. The molecule has 0 unspecified atom stereocenters. The van der Waals surface area contributed by atoms with Gasteiger partial charge in [0.1, 0.15) is 5.82 Å². The number of hydrogen-bond donors (Lipinski definition) is 2. The quantitative estimate of drug-likeness (QED) is 0.540. The summed E-state index contributed by atoms with van der Waals surface area (Å²) in [6, 6.07) is 6.68. The van der Waals surface area contributed by atoms with E-state index in [-0.39, 0.29) is 18.0 Å². The minimum atomic E-state index is -0.282. The third-order valence-corrected chi connectivity index (χ3v) is 4.05. The molecule has 0 bridgehead atoms. The molecule has 124 valence electrons. The number of rotatable bonds is 6. The first kappa shape index (κ1) is 16.0. The topological polar surface area (TPSA) is 75.0 Å². The summed E-state index contributed by atoms with van der Waals surface area (Å²) in [5.41, 5.74) is 2.93. The molecule has 0 radical (unpaired) electrons. The smallest absolute Gasteiger partial charge is 0.293 e. The lowest BCUT2D eigenvalue weighted by Gasteiger charge is -2.05. The molecule has 0 amide bonds. The fraction of sp³-hybridized carbons (Fsp3) is 0.222. The average molecular weight is 328 g/mol. The minimum Gasteiger partial charge on any atom is -0.467 e. The van der Waals surface area contributed by atoms with Gasteiger partial charge in [-0.2, -0.15) is 0 Å². The van der Waals surface area contributed by atoms with Crippen LogP contribution in [-0.4, -0.2) is 23.0 Å². The largest absolute Gasteiger partial charge is 0.467 e. The van der Waals surface area contributed by atoms with Crippen molar-refractivity contribution in [1.82, 2.24) is 9.97 Å². The molecule has 0 atom stereocenters. The standard InChI is InChI=1S/C18H17FN2O3/c1-2-11-8-13-16(9-14(11)19)21-15(5-7-24-10-22)17(13)12-4-3-6-20-18(12)23/h3-4,6,8-10,21H,2,5,7H2,1H3,(H,20,23). The first-order chi connectivity index (χ1) is 11.7. The van der Waals surface area contributed by atoms with Gasteiger partial charge in [0.2, 0.25) is 0 Å². The number of ether oxygens (including phenoxy) is 1. The highest BCUT2D eigenvalue weighted by atomic mass is 19.1. The maximum absolute atomic E-state index is 14.1. The van der Waals surface area contributed by atoms with Gasteiger partial charge in [0.25, 0.3) is 12.0 Å². The van der Waals surface area contributed by atoms with Crippen molar-refractivity contribution in [3.8, 4) is 11.1 Å². The van der Waals surface area contributed by atoms with E-state index in [1.54, 1.807) is 24.4 Å². The molecule has 3 aromatic rings. The number of pyridine rings is 1. The van der Waals surface area contributed by atoms with Crippen LogP contribution in [0.5, 0.6) is 0 Å². The van der Waals surface area contributed by atoms with E-state index in [1.807, 2.05) is 6.92 Å². The number of carbonyl (C=O) groups is 1. The van der Waals surface area contributed by atoms with Crippen molar-refractivity contribution in [2.24, 2.45) is 0 Å². The average Bonchev–Trinajstić information content (AvgIpc) is 2.91. The molecular weight excluding hydrogens is 311 g/mol. The summed E-state index contributed by atoms with van der Waals surface area (Å²) in [5, 5.41) is 0.783. The van der Waals surface area contributed by atoms with E-state index in [0.29, 0.717) is 36.0 Å². The molecule has 0 spiro atoms. The third-order valence-electron chi connectivity index (χ3n) is 4.05. The Labute approximate surface area is 137 Å². The molecule has 2 aromatic heterocycles. The van der Waals surface area contributed by atoms with Gasteiger partial charge in [-0.3, -0.25) is 9.59 Å². The van der Waals surface area contributed by atoms with Crippen LogP contribution in [0.25, 0.3) is 22.0 Å². The number of aromatic nitrogens is 2. The van der Waals surface area contributed by atoms with Crippen LogP contribution in [0.4, 0.5) is 4.39 Å². The zero-order valence-corrected chi connectivity index (χ0v) is 13.2. The van der Waals surface area contributed by atoms with Crippen molar-refractivity contribution in [3.63, 3.8) is 0 Å². The highest BCUT2D eigenvalue weighted by Gasteiger charge is 2.17. The van der Waals surface area contributed by atoms with E-state index < -0.39 is 0 Å². The van der Waals surface area contributed by atoms with Crippen molar-refractivity contribution < 1.29 is 13.9 Å². The van der Waals surface area contributed by atoms with Crippen molar-refractivity contribution in [2.75, 3.05) is 6.61 Å². The number of benzene rings is 1. The number of halogens is 1. The molecule has 0 saturated heterocycles. The van der Waals surface area contributed by atoms with Crippen LogP contribution in [0.15, 0.2) is 35.3 Å². The second-order valence-corrected chi connectivity index (χ2v) is 5.45. The lowest BCUT2D eigenvalue weighted by molar-refractivity contribution is -0.128. The van der Waals surface area contributed by atoms with Crippen LogP contribution in [0.2, 0.25) is 0 Å². The Hall–Kier alpha value is -2.89. The van der Waals surface area contributed by atoms with Crippen molar-refractivity contribution in [2.45, 2.75) is 19.8 Å². The van der Waals surface area contributed by atoms with Gasteiger partial charge >= 0.3 is 0 Å². The minimum absolute atomic E-state index is 0.178. The first-order valence-electron chi connectivity index (χ1n) is 7.72. The normalized spacial score (nSPS) is 10.9. The summed E-state index contributed by atoms with van der Waals surface area (Å²) in [6.07, 6.45) is 2.52. The van der Waals surface area contributed by atoms with Crippen molar-refractivity contribution in [1.29, 1.82) is 0 Å². The van der Waals surface area contributed by atoms with Crippen LogP contribution in [0, 0.1) is 5.82 Å². The Morgan fingerprint density at radius 2 is 2.17 bits per heavy atom. The monoisotopic (exact) mass is 328 g/mol. The Kier molecular flexibility index (Phi) is 4.46. The van der Waals surface area contributed by atoms with E-state index >= 15 is 0 Å². The zero-order valence-electron chi connectivity index (χ0n) is 13.2. The predicted octanol–water partition coefficient (Wildman–Crippen LogP) is 2.94. The fourth-order valence-corrected chi connectivity index (χ4v) is 2.91. The number of H-pyrrole nitrogens is 2. The summed E-state index contributed by atoms with van der Waals surface area (Å²) in [7, 11) is 0. The molecule has 0 aliphatic heterocycles. The summed E-state index contributed by atoms with van der Waals surface area (Å²) in [4.78, 5) is 28.4. The van der Waals surface area contributed by atoms with E-state index in [4.69, 9.17) is 4.74 Å². The maximum Gasteiger partial charge on any atom is 0.293 e. The Morgan fingerprint density at radius 1 is 1.33 bits per heavy atom. The number of aromatic amines is 2. The van der Waals surface area contributed by atoms with Gasteiger partial charge in [-0.25, -0.2) is 4.39 Å². The molecule has 2 heterocycles. The van der Waals surface area contributed by atoms with Crippen LogP contribution in [0.1, 0.15) is 18.2 Å². The van der Waals surface area contributed by atoms with Crippen molar-refractivity contribution >= 4 is 17.4 Å². The fourth-order valence-electron chi connectivity index (χ4n) is 2.91. The third kappa shape index (κ3) is 2.82. The molecule has 2 N–H and O–H groups in total. The molecule has 3 rings (SSSR count). The number of hydrogen-bond acceptors (Lipinski definition) is 3. The van der Waals surface area contributed by atoms with Gasteiger partial charge in [0.05, 0.1) is 6.61 Å². The highest BCUT2D eigenvalue weighted by Crippen LogP contribution is 2.32. The maximum atomic E-state index is 14.1. The molecule has 0 aliphatic carbocycles. The van der Waals surface area contributed by atoms with Crippen LogP contribution in [-0.2, 0) is 22.4 Å². The zero-order chi connectivity index (χ0) is 17.1. The summed E-state index contributed by atoms with van der Waals surface area (Å²) >= 11 is 0. The number of nitrogens with one attached hydrogen (secondary N) is 2. The molecule has 0 fully saturated rings. The molecule has 1 aromatic carbocycles. The van der Waals surface area contributed by atoms with E-state index in [9.17, 15) is 14.0 Å². The van der Waals surface area contributed by atoms with E-state index in [0.717, 1.165) is 16.6 Å². The SMILES string of the molecule is CCc1cc2c(-c3ccc[nH]c3=O)c(CCOC=O)[nH]c2cc1F. The van der Waals surface area contributed by atoms with Crippen LogP contribution >= 0.6 is 0 Å². The first-order valence-corrected chi connectivity index (χ1v) is 7.72. The van der Waals surface area contributed by atoms with Gasteiger partial charge in [-0.1, -0.05) is 6.92 Å². The van der Waals surface area contributed by atoms with Gasteiger partial charge in [0.15, 0.2) is 0 Å².